The number of nitrogens with one attached hydrogen (secondary N) is 1. The number of carbonyl (C=O) groups is 1. The summed E-state index contributed by atoms with van der Waals surface area (Å²) >= 11 is 0. The number of aromatic nitrogens is 1. The standard InChI is InChI=1S/C24H24N2O3/c1-15(2)14-29-22-12-17(9-10-21(22)28-4)11-18(13-25)24(27)23-16(3)26-20-8-6-5-7-19(20)23/h5-12,15,26H,14H2,1-4H3/b18-11+. The monoisotopic (exact) mass is 388 g/mol. The number of nitrogens with zero attached hydrogens (tertiary/aromatic N) is 1. The van der Waals surface area contributed by atoms with Gasteiger partial charge in [0.05, 0.1) is 19.3 Å². The fourth-order valence-corrected chi connectivity index (χ4v) is 3.17. The van der Waals surface area contributed by atoms with Crippen molar-refractivity contribution in [1.82, 2.24) is 4.98 Å². The van der Waals surface area contributed by atoms with E-state index >= 15 is 0 Å². The Hall–Kier alpha value is -3.52. The number of benzene rings is 2. The second kappa shape index (κ2) is 8.66. The number of H-pyrrole nitrogens is 1. The average molecular weight is 388 g/mol. The molecule has 0 unspecified atom stereocenters. The van der Waals surface area contributed by atoms with Gasteiger partial charge in [-0.05, 0) is 42.7 Å². The first-order chi connectivity index (χ1) is 13.9. The van der Waals surface area contributed by atoms with Gasteiger partial charge in [-0.15, -0.1) is 0 Å². The highest BCUT2D eigenvalue weighted by Crippen LogP contribution is 2.30. The quantitative estimate of drug-likeness (QED) is 0.338. The van der Waals surface area contributed by atoms with E-state index in [2.05, 4.69) is 24.9 Å². The topological polar surface area (TPSA) is 75.1 Å². The van der Waals surface area contributed by atoms with Crippen LogP contribution in [0.4, 0.5) is 0 Å². The Morgan fingerprint density at radius 2 is 1.97 bits per heavy atom. The Kier molecular flexibility index (Phi) is 6.04. The molecule has 0 spiro atoms. The Morgan fingerprint density at radius 3 is 2.66 bits per heavy atom. The minimum absolute atomic E-state index is 0.0674. The zero-order valence-electron chi connectivity index (χ0n) is 17.1. The summed E-state index contributed by atoms with van der Waals surface area (Å²) in [5.74, 6) is 1.26. The van der Waals surface area contributed by atoms with Gasteiger partial charge in [-0.3, -0.25) is 4.79 Å². The largest absolute Gasteiger partial charge is 0.493 e. The van der Waals surface area contributed by atoms with Gasteiger partial charge in [-0.1, -0.05) is 38.1 Å². The summed E-state index contributed by atoms with van der Waals surface area (Å²) in [6, 6.07) is 15.0. The maximum absolute atomic E-state index is 13.1. The van der Waals surface area contributed by atoms with Crippen LogP contribution in [-0.4, -0.2) is 24.5 Å². The Labute approximate surface area is 170 Å². The molecule has 0 saturated heterocycles. The van der Waals surface area contributed by atoms with Crippen LogP contribution in [-0.2, 0) is 0 Å². The lowest BCUT2D eigenvalue weighted by atomic mass is 9.99. The number of fused-ring (bicyclic) bond motifs is 1. The number of para-hydroxylation sites is 1. The van der Waals surface area contributed by atoms with Gasteiger partial charge in [0, 0.05) is 16.6 Å². The van der Waals surface area contributed by atoms with E-state index in [0.29, 0.717) is 35.2 Å². The number of allylic oxidation sites excluding steroid dienone is 1. The maximum atomic E-state index is 13.1. The third-order valence-electron chi connectivity index (χ3n) is 4.56. The molecule has 1 aromatic heterocycles. The highest BCUT2D eigenvalue weighted by molar-refractivity contribution is 6.20. The average Bonchev–Trinajstić information content (AvgIpc) is 3.05. The highest BCUT2D eigenvalue weighted by Gasteiger charge is 2.20. The summed E-state index contributed by atoms with van der Waals surface area (Å²) in [6.07, 6.45) is 1.59. The number of hydrogen-bond acceptors (Lipinski definition) is 4. The van der Waals surface area contributed by atoms with Gasteiger partial charge in [0.25, 0.3) is 0 Å². The van der Waals surface area contributed by atoms with Crippen molar-refractivity contribution in [2.24, 2.45) is 5.92 Å². The molecule has 0 aliphatic heterocycles. The second-order valence-corrected chi connectivity index (χ2v) is 7.28. The van der Waals surface area contributed by atoms with Crippen molar-refractivity contribution in [3.63, 3.8) is 0 Å². The molecule has 0 radical (unpaired) electrons. The Balaban J connectivity index is 1.99. The number of rotatable bonds is 7. The van der Waals surface area contributed by atoms with Crippen LogP contribution in [0.25, 0.3) is 17.0 Å². The van der Waals surface area contributed by atoms with Crippen LogP contribution < -0.4 is 9.47 Å². The summed E-state index contributed by atoms with van der Waals surface area (Å²) < 4.78 is 11.2. The number of nitriles is 1. The van der Waals surface area contributed by atoms with Crippen LogP contribution >= 0.6 is 0 Å². The first-order valence-electron chi connectivity index (χ1n) is 9.49. The SMILES string of the molecule is COc1ccc(/C=C(\C#N)C(=O)c2c(C)[nH]c3ccccc23)cc1OCC(C)C. The fraction of sp³-hybridized carbons (Fsp3) is 0.250. The van der Waals surface area contributed by atoms with Crippen molar-refractivity contribution in [2.75, 3.05) is 13.7 Å². The van der Waals surface area contributed by atoms with E-state index < -0.39 is 0 Å². The van der Waals surface area contributed by atoms with Crippen LogP contribution in [0.1, 0.15) is 35.5 Å². The number of aryl methyl sites for hydroxylation is 1. The molecular formula is C24H24N2O3. The van der Waals surface area contributed by atoms with E-state index in [0.717, 1.165) is 16.6 Å². The molecule has 0 atom stereocenters. The predicted octanol–water partition coefficient (Wildman–Crippen LogP) is 5.31. The van der Waals surface area contributed by atoms with E-state index in [1.807, 2.05) is 31.2 Å². The van der Waals surface area contributed by atoms with E-state index in [1.165, 1.54) is 0 Å². The molecule has 1 heterocycles. The lowest BCUT2D eigenvalue weighted by Crippen LogP contribution is -2.06. The first-order valence-corrected chi connectivity index (χ1v) is 9.49. The molecule has 0 aliphatic carbocycles. The molecule has 29 heavy (non-hydrogen) atoms. The number of Topliss-reactive ketones (excluding diaryl/α,β-unsaturated/α-hetero) is 1. The molecule has 0 amide bonds. The number of hydrogen-bond donors (Lipinski definition) is 1. The molecule has 5 nitrogen and oxygen atoms in total. The molecule has 2 aromatic carbocycles. The molecule has 0 bridgehead atoms. The Bertz CT molecular complexity index is 1120. The molecule has 0 fully saturated rings. The minimum atomic E-state index is -0.303. The van der Waals surface area contributed by atoms with Crippen molar-refractivity contribution in [3.05, 3.63) is 64.9 Å². The molecule has 148 valence electrons. The molecular weight excluding hydrogens is 364 g/mol. The molecule has 0 aliphatic rings. The summed E-state index contributed by atoms with van der Waals surface area (Å²) in [5.41, 5.74) is 2.91. The maximum Gasteiger partial charge on any atom is 0.205 e. The van der Waals surface area contributed by atoms with Gasteiger partial charge in [0.1, 0.15) is 11.6 Å². The third kappa shape index (κ3) is 4.33. The second-order valence-electron chi connectivity index (χ2n) is 7.28. The van der Waals surface area contributed by atoms with Crippen molar-refractivity contribution in [3.8, 4) is 17.6 Å². The molecule has 3 rings (SSSR count). The van der Waals surface area contributed by atoms with Crippen molar-refractivity contribution in [2.45, 2.75) is 20.8 Å². The number of methoxy groups -OCH3 is 1. The zero-order chi connectivity index (χ0) is 21.0. The third-order valence-corrected chi connectivity index (χ3v) is 4.56. The van der Waals surface area contributed by atoms with Crippen LogP contribution in [0.5, 0.6) is 11.5 Å². The van der Waals surface area contributed by atoms with Crippen molar-refractivity contribution in [1.29, 1.82) is 5.26 Å². The number of aromatic amines is 1. The van der Waals surface area contributed by atoms with Crippen molar-refractivity contribution >= 4 is 22.8 Å². The summed E-state index contributed by atoms with van der Waals surface area (Å²) in [7, 11) is 1.58. The van der Waals surface area contributed by atoms with Gasteiger partial charge in [0.15, 0.2) is 11.5 Å². The first kappa shape index (κ1) is 20.2. The summed E-state index contributed by atoms with van der Waals surface area (Å²) in [5, 5.41) is 10.5. The van der Waals surface area contributed by atoms with E-state index in [4.69, 9.17) is 9.47 Å². The van der Waals surface area contributed by atoms with Crippen molar-refractivity contribution < 1.29 is 14.3 Å². The predicted molar refractivity (Wildman–Crippen MR) is 114 cm³/mol. The number of ether oxygens (including phenoxy) is 2. The van der Waals surface area contributed by atoms with Crippen LogP contribution in [0.2, 0.25) is 0 Å². The lowest BCUT2D eigenvalue weighted by Gasteiger charge is -2.13. The van der Waals surface area contributed by atoms with Crippen LogP contribution in [0, 0.1) is 24.2 Å². The van der Waals surface area contributed by atoms with E-state index in [1.54, 1.807) is 31.4 Å². The van der Waals surface area contributed by atoms with Crippen LogP contribution in [0.3, 0.4) is 0 Å². The van der Waals surface area contributed by atoms with Gasteiger partial charge in [-0.25, -0.2) is 0 Å². The van der Waals surface area contributed by atoms with Crippen LogP contribution in [0.15, 0.2) is 48.0 Å². The smallest absolute Gasteiger partial charge is 0.205 e. The molecule has 0 saturated carbocycles. The summed E-state index contributed by atoms with van der Waals surface area (Å²) in [6.45, 7) is 6.51. The zero-order valence-corrected chi connectivity index (χ0v) is 17.1. The van der Waals surface area contributed by atoms with Gasteiger partial charge in [-0.2, -0.15) is 5.26 Å². The minimum Gasteiger partial charge on any atom is -0.493 e. The summed E-state index contributed by atoms with van der Waals surface area (Å²) in [4.78, 5) is 16.3. The number of carbonyl (C=O) groups excluding carboxylic acids is 1. The Morgan fingerprint density at radius 1 is 1.21 bits per heavy atom. The molecule has 5 heteroatoms. The van der Waals surface area contributed by atoms with Gasteiger partial charge < -0.3 is 14.5 Å². The molecule has 1 N–H and O–H groups in total. The van der Waals surface area contributed by atoms with Gasteiger partial charge in [0.2, 0.25) is 5.78 Å². The normalized spacial score (nSPS) is 11.5. The fourth-order valence-electron chi connectivity index (χ4n) is 3.17. The highest BCUT2D eigenvalue weighted by atomic mass is 16.5. The lowest BCUT2D eigenvalue weighted by molar-refractivity contribution is 0.104. The van der Waals surface area contributed by atoms with E-state index in [-0.39, 0.29) is 11.4 Å². The number of ketones is 1. The van der Waals surface area contributed by atoms with Gasteiger partial charge >= 0.3 is 0 Å². The van der Waals surface area contributed by atoms with E-state index in [9.17, 15) is 10.1 Å². The molecule has 3 aromatic rings.